The van der Waals surface area contributed by atoms with Gasteiger partial charge in [-0.25, -0.2) is 4.79 Å². The number of amides is 3. The average molecular weight is 575 g/mol. The summed E-state index contributed by atoms with van der Waals surface area (Å²) in [4.78, 5) is 40.5. The molecule has 4 aliphatic rings. The van der Waals surface area contributed by atoms with Crippen LogP contribution < -0.4 is 21.7 Å². The summed E-state index contributed by atoms with van der Waals surface area (Å²) >= 11 is 0. The quantitative estimate of drug-likeness (QED) is 0.374. The number of nitrogens with two attached hydrogens (primary N) is 1. The number of nitrogens with one attached hydrogen (secondary N) is 3. The number of hydrogen-bond acceptors (Lipinski definition) is 5. The minimum atomic E-state index is -0.457. The van der Waals surface area contributed by atoms with Crippen molar-refractivity contribution >= 4 is 23.4 Å². The molecule has 1 aliphatic heterocycles. The van der Waals surface area contributed by atoms with Crippen LogP contribution >= 0.6 is 0 Å². The normalized spacial score (nSPS) is 23.3. The lowest BCUT2D eigenvalue weighted by Gasteiger charge is -2.31. The molecular weight excluding hydrogens is 528 g/mol. The molecule has 0 atom stereocenters. The number of carbonyl (C=O) groups excluding carboxylic acids is 3. The van der Waals surface area contributed by atoms with Gasteiger partial charge in [0.15, 0.2) is 5.78 Å². The number of rotatable bonds is 8. The van der Waals surface area contributed by atoms with Crippen molar-refractivity contribution in [3.63, 3.8) is 0 Å². The zero-order valence-electron chi connectivity index (χ0n) is 25.2. The number of Topliss-reactive ketones (excluding diaryl/α,β-unsaturated/α-hetero) is 1. The molecule has 1 saturated carbocycles. The third-order valence-corrected chi connectivity index (χ3v) is 9.74. The van der Waals surface area contributed by atoms with Gasteiger partial charge < -0.3 is 31.2 Å². The van der Waals surface area contributed by atoms with Gasteiger partial charge in [-0.05, 0) is 106 Å². The highest BCUT2D eigenvalue weighted by atomic mass is 16.2. The number of primary amides is 1. The first-order valence-corrected chi connectivity index (χ1v) is 15.9. The zero-order chi connectivity index (χ0) is 29.4. The number of carbonyl (C=O) groups is 3. The van der Waals surface area contributed by atoms with Crippen LogP contribution in [0.5, 0.6) is 0 Å². The van der Waals surface area contributed by atoms with Crippen molar-refractivity contribution in [3.8, 4) is 5.69 Å². The lowest BCUT2D eigenvalue weighted by atomic mass is 9.75. The van der Waals surface area contributed by atoms with Gasteiger partial charge in [0.25, 0.3) is 5.91 Å². The molecule has 226 valence electrons. The maximum Gasteiger partial charge on any atom is 0.315 e. The van der Waals surface area contributed by atoms with Crippen molar-refractivity contribution in [1.29, 1.82) is 0 Å². The van der Waals surface area contributed by atoms with E-state index in [1.54, 1.807) is 0 Å². The number of likely N-dealkylation sites (tertiary alicyclic amines) is 1. The molecule has 6 rings (SSSR count). The van der Waals surface area contributed by atoms with Crippen LogP contribution in [0, 0.1) is 5.41 Å². The summed E-state index contributed by atoms with van der Waals surface area (Å²) in [6.07, 6.45) is 10.4. The van der Waals surface area contributed by atoms with E-state index < -0.39 is 5.91 Å². The number of nitrogens with zero attached hydrogens (tertiary/aromatic N) is 2. The summed E-state index contributed by atoms with van der Waals surface area (Å²) in [5, 5.41) is 9.79. The molecular formula is C33H46N6O3. The Balaban J connectivity index is 1.14. The summed E-state index contributed by atoms with van der Waals surface area (Å²) < 4.78 is 2.30. The number of aromatic nitrogens is 1. The SMILES string of the molecule is CC1(C)CC(=O)c2c3c(n(-c4ccc(C(N)=O)c(N[C@H]5CC[C@H](NC(=O)NCCN6CCCC6)CC5)c4)c2C1)CCC3. The highest BCUT2D eigenvalue weighted by Crippen LogP contribution is 2.43. The third kappa shape index (κ3) is 5.93. The number of hydrogen-bond donors (Lipinski definition) is 4. The second-order valence-electron chi connectivity index (χ2n) is 13.6. The van der Waals surface area contributed by atoms with Crippen molar-refractivity contribution in [2.24, 2.45) is 11.1 Å². The minimum Gasteiger partial charge on any atom is -0.382 e. The zero-order valence-corrected chi connectivity index (χ0v) is 25.2. The fraction of sp³-hybridized carbons (Fsp3) is 0.606. The Kier molecular flexibility index (Phi) is 8.05. The molecule has 9 heteroatoms. The molecule has 1 aromatic heterocycles. The van der Waals surface area contributed by atoms with Crippen LogP contribution in [0.3, 0.4) is 0 Å². The van der Waals surface area contributed by atoms with Crippen LogP contribution in [0.1, 0.15) is 103 Å². The molecule has 42 heavy (non-hydrogen) atoms. The Hall–Kier alpha value is -3.33. The molecule has 1 saturated heterocycles. The monoisotopic (exact) mass is 574 g/mol. The number of urea groups is 1. The van der Waals surface area contributed by atoms with E-state index in [9.17, 15) is 14.4 Å². The lowest BCUT2D eigenvalue weighted by molar-refractivity contribution is 0.0909. The largest absolute Gasteiger partial charge is 0.382 e. The smallest absolute Gasteiger partial charge is 0.315 e. The van der Waals surface area contributed by atoms with Crippen LogP contribution in [-0.2, 0) is 19.3 Å². The van der Waals surface area contributed by atoms with E-state index in [1.807, 2.05) is 18.2 Å². The Bertz CT molecular complexity index is 1360. The lowest BCUT2D eigenvalue weighted by Crippen LogP contribution is -2.46. The van der Waals surface area contributed by atoms with Crippen LogP contribution in [0.4, 0.5) is 10.5 Å². The van der Waals surface area contributed by atoms with E-state index in [1.165, 1.54) is 24.1 Å². The Morgan fingerprint density at radius 3 is 2.45 bits per heavy atom. The average Bonchev–Trinajstić information content (AvgIpc) is 3.67. The van der Waals surface area contributed by atoms with Crippen molar-refractivity contribution < 1.29 is 14.4 Å². The minimum absolute atomic E-state index is 0.0837. The van der Waals surface area contributed by atoms with Gasteiger partial charge in [-0.2, -0.15) is 0 Å². The molecule has 3 amide bonds. The third-order valence-electron chi connectivity index (χ3n) is 9.74. The fourth-order valence-electron chi connectivity index (χ4n) is 7.72. The maximum atomic E-state index is 13.3. The predicted molar refractivity (Wildman–Crippen MR) is 165 cm³/mol. The second-order valence-corrected chi connectivity index (χ2v) is 13.6. The molecule has 9 nitrogen and oxygen atoms in total. The summed E-state index contributed by atoms with van der Waals surface area (Å²) in [6, 6.07) is 6.08. The van der Waals surface area contributed by atoms with E-state index in [4.69, 9.17) is 5.73 Å². The Morgan fingerprint density at radius 1 is 0.976 bits per heavy atom. The molecule has 5 N–H and O–H groups in total. The van der Waals surface area contributed by atoms with Crippen LogP contribution in [0.25, 0.3) is 5.69 Å². The van der Waals surface area contributed by atoms with Crippen molar-refractivity contribution in [3.05, 3.63) is 46.3 Å². The standard InChI is InChI=1S/C33H46N6O3/c1-33(2)19-28-30(29(40)20-33)25-6-5-7-27(25)39(28)23-12-13-24(31(34)41)26(18-23)36-21-8-10-22(11-9-21)37-32(42)35-14-17-38-15-3-4-16-38/h12-13,18,21-22,36H,3-11,14-17,19-20H2,1-2H3,(H2,34,41)(H2,35,37,42)/t21-,22-. The van der Waals surface area contributed by atoms with E-state index in [0.717, 1.165) is 93.6 Å². The van der Waals surface area contributed by atoms with Crippen LogP contribution in [0.15, 0.2) is 18.2 Å². The summed E-state index contributed by atoms with van der Waals surface area (Å²) in [5.74, 6) is -0.197. The van der Waals surface area contributed by atoms with Crippen molar-refractivity contribution in [1.82, 2.24) is 20.1 Å². The predicted octanol–water partition coefficient (Wildman–Crippen LogP) is 4.34. The summed E-state index contributed by atoms with van der Waals surface area (Å²) in [7, 11) is 0. The van der Waals surface area contributed by atoms with Gasteiger partial charge >= 0.3 is 6.03 Å². The van der Waals surface area contributed by atoms with Gasteiger partial charge in [0, 0.05) is 59.9 Å². The van der Waals surface area contributed by atoms with Crippen molar-refractivity contribution in [2.45, 2.75) is 96.6 Å². The van der Waals surface area contributed by atoms with Gasteiger partial charge in [0.2, 0.25) is 0 Å². The first-order valence-electron chi connectivity index (χ1n) is 15.9. The Morgan fingerprint density at radius 2 is 1.71 bits per heavy atom. The molecule has 0 radical (unpaired) electrons. The fourth-order valence-corrected chi connectivity index (χ4v) is 7.72. The molecule has 0 spiro atoms. The van der Waals surface area contributed by atoms with Crippen LogP contribution in [0.2, 0.25) is 0 Å². The van der Waals surface area contributed by atoms with Crippen LogP contribution in [-0.4, -0.2) is 65.5 Å². The van der Waals surface area contributed by atoms with Gasteiger partial charge in [0.05, 0.1) is 5.56 Å². The highest BCUT2D eigenvalue weighted by Gasteiger charge is 2.39. The second kappa shape index (κ2) is 11.7. The van der Waals surface area contributed by atoms with E-state index in [-0.39, 0.29) is 29.3 Å². The summed E-state index contributed by atoms with van der Waals surface area (Å²) in [6.45, 7) is 8.19. The molecule has 2 fully saturated rings. The number of ketones is 1. The molecule has 2 heterocycles. The number of fused-ring (bicyclic) bond motifs is 3. The topological polar surface area (TPSA) is 121 Å². The van der Waals surface area contributed by atoms with Gasteiger partial charge in [-0.3, -0.25) is 9.59 Å². The summed E-state index contributed by atoms with van der Waals surface area (Å²) in [5.41, 5.74) is 12.5. The first kappa shape index (κ1) is 28.8. The maximum absolute atomic E-state index is 13.3. The van der Waals surface area contributed by atoms with Gasteiger partial charge in [0.1, 0.15) is 0 Å². The van der Waals surface area contributed by atoms with E-state index >= 15 is 0 Å². The molecule has 0 unspecified atom stereocenters. The van der Waals surface area contributed by atoms with Gasteiger partial charge in [-0.1, -0.05) is 13.8 Å². The molecule has 2 aromatic rings. The molecule has 0 bridgehead atoms. The van der Waals surface area contributed by atoms with Crippen molar-refractivity contribution in [2.75, 3.05) is 31.5 Å². The molecule has 3 aliphatic carbocycles. The van der Waals surface area contributed by atoms with E-state index in [2.05, 4.69) is 39.3 Å². The first-order chi connectivity index (χ1) is 20.2. The van der Waals surface area contributed by atoms with E-state index in [0.29, 0.717) is 18.5 Å². The highest BCUT2D eigenvalue weighted by molar-refractivity contribution is 6.01. The number of benzene rings is 1. The number of anilines is 1. The van der Waals surface area contributed by atoms with Gasteiger partial charge in [-0.15, -0.1) is 0 Å². The Labute approximate surface area is 249 Å². The molecule has 1 aromatic carbocycles.